The number of aliphatic hydroxyl groups is 2. The molecule has 0 aliphatic heterocycles. The number of guanidine groups is 2. The number of carboxylic acids is 2. The average molecular weight is 1320 g/mol. The number of carbonyl (C=O) groups is 13. The average Bonchev–Trinajstić information content (AvgIpc) is 1.13. The molecule has 37 nitrogen and oxygen atoms in total. The Hall–Kier alpha value is -9.49. The van der Waals surface area contributed by atoms with Gasteiger partial charge >= 0.3 is 11.9 Å². The van der Waals surface area contributed by atoms with Crippen LogP contribution in [-0.4, -0.2) is 214 Å². The van der Waals surface area contributed by atoms with Crippen molar-refractivity contribution in [1.29, 1.82) is 0 Å². The first kappa shape index (κ1) is 81.5. The number of nitrogens with zero attached hydrogens (tertiary/aromatic N) is 2. The summed E-state index contributed by atoms with van der Waals surface area (Å²) in [4.78, 5) is 181. The van der Waals surface area contributed by atoms with Crippen LogP contribution >= 0.6 is 0 Å². The van der Waals surface area contributed by atoms with E-state index in [0.717, 1.165) is 0 Å². The molecule has 0 aliphatic rings. The smallest absolute Gasteiger partial charge is 0.326 e. The number of nitrogens with two attached hydrogens (primary N) is 7. The van der Waals surface area contributed by atoms with Gasteiger partial charge in [0.2, 0.25) is 65.0 Å². The number of carboxylic acid groups (broad SMARTS) is 2. The largest absolute Gasteiger partial charge is 0.508 e. The molecule has 0 fully saturated rings. The van der Waals surface area contributed by atoms with Gasteiger partial charge in [0.1, 0.15) is 66.2 Å². The molecule has 0 heterocycles. The molecule has 12 atom stereocenters. The van der Waals surface area contributed by atoms with Gasteiger partial charge in [-0.1, -0.05) is 46.2 Å². The Kier molecular flexibility index (Phi) is 37.3. The highest BCUT2D eigenvalue weighted by Crippen LogP contribution is 2.15. The van der Waals surface area contributed by atoms with Gasteiger partial charge in [0, 0.05) is 19.5 Å². The molecule has 1 aromatic carbocycles. The first-order valence-electron chi connectivity index (χ1n) is 30.0. The molecule has 93 heavy (non-hydrogen) atoms. The molecule has 0 saturated carbocycles. The number of aliphatic imine (C=N–C) groups is 2. The van der Waals surface area contributed by atoms with Crippen molar-refractivity contribution in [3.05, 3.63) is 29.8 Å². The fourth-order valence-corrected chi connectivity index (χ4v) is 8.67. The number of carbonyl (C=O) groups excluding carboxylic acids is 11. The zero-order valence-corrected chi connectivity index (χ0v) is 52.8. The van der Waals surface area contributed by atoms with E-state index >= 15 is 0 Å². The minimum Gasteiger partial charge on any atom is -0.508 e. The summed E-state index contributed by atoms with van der Waals surface area (Å²) in [5, 5.41) is 73.9. The van der Waals surface area contributed by atoms with Crippen LogP contribution < -0.4 is 93.3 Å². The lowest BCUT2D eigenvalue weighted by Gasteiger charge is -2.29. The highest BCUT2D eigenvalue weighted by atomic mass is 16.4. The van der Waals surface area contributed by atoms with Crippen molar-refractivity contribution in [2.24, 2.45) is 62.0 Å². The van der Waals surface area contributed by atoms with Crippen molar-refractivity contribution >= 4 is 88.8 Å². The third-order valence-corrected chi connectivity index (χ3v) is 14.0. The van der Waals surface area contributed by atoms with E-state index in [1.165, 1.54) is 38.1 Å². The molecule has 29 N–H and O–H groups in total. The Labute approximate surface area is 536 Å². The summed E-state index contributed by atoms with van der Waals surface area (Å²) in [6.07, 6.45) is -1.68. The van der Waals surface area contributed by atoms with E-state index in [0.29, 0.717) is 18.4 Å². The molecule has 0 radical (unpaired) electrons. The maximum Gasteiger partial charge on any atom is 0.326 e. The number of nitrogens with one attached hydrogen (secondary N) is 10. The van der Waals surface area contributed by atoms with Crippen molar-refractivity contribution in [3.8, 4) is 5.75 Å². The third kappa shape index (κ3) is 31.9. The minimum absolute atomic E-state index is 0.0296. The second kappa shape index (κ2) is 42.5. The fraction of sp³-hybridized carbons (Fsp3) is 0.625. The maximum absolute atomic E-state index is 14.4. The lowest BCUT2D eigenvalue weighted by atomic mass is 9.96. The molecule has 0 aliphatic carbocycles. The van der Waals surface area contributed by atoms with Gasteiger partial charge in [-0.3, -0.25) is 67.5 Å². The van der Waals surface area contributed by atoms with Crippen LogP contribution in [0.2, 0.25) is 0 Å². The van der Waals surface area contributed by atoms with E-state index < -0.39 is 175 Å². The number of hydrogen-bond donors (Lipinski definition) is 22. The summed E-state index contributed by atoms with van der Waals surface area (Å²) in [7, 11) is 0. The van der Waals surface area contributed by atoms with E-state index in [1.807, 2.05) is 0 Å². The fourth-order valence-electron chi connectivity index (χ4n) is 8.67. The van der Waals surface area contributed by atoms with Crippen LogP contribution in [-0.2, 0) is 68.7 Å². The molecular formula is C56H95N19O18. The third-order valence-electron chi connectivity index (χ3n) is 14.0. The van der Waals surface area contributed by atoms with Crippen LogP contribution in [0.5, 0.6) is 5.75 Å². The number of aliphatic carboxylic acids is 2. The van der Waals surface area contributed by atoms with Gasteiger partial charge in [0.05, 0.1) is 32.1 Å². The molecule has 522 valence electrons. The van der Waals surface area contributed by atoms with Crippen molar-refractivity contribution < 1.29 is 87.9 Å². The summed E-state index contributed by atoms with van der Waals surface area (Å²) in [5.74, 6) is -16.5. The predicted octanol–water partition coefficient (Wildman–Crippen LogP) is -8.12. The van der Waals surface area contributed by atoms with Crippen LogP contribution in [0.15, 0.2) is 34.3 Å². The number of amides is 11. The Bertz CT molecular complexity index is 2750. The van der Waals surface area contributed by atoms with E-state index in [1.54, 1.807) is 20.8 Å². The van der Waals surface area contributed by atoms with Gasteiger partial charge in [-0.05, 0) is 94.4 Å². The Morgan fingerprint density at radius 3 is 1.40 bits per heavy atom. The van der Waals surface area contributed by atoms with Crippen molar-refractivity contribution in [2.75, 3.05) is 32.8 Å². The lowest BCUT2D eigenvalue weighted by molar-refractivity contribution is -0.144. The first-order chi connectivity index (χ1) is 43.7. The number of phenols is 1. The second-order valence-corrected chi connectivity index (χ2v) is 22.4. The number of primary amides is 1. The van der Waals surface area contributed by atoms with Gasteiger partial charge in [0.25, 0.3) is 0 Å². The number of aromatic hydroxyl groups is 1. The molecule has 1 aromatic rings. The Morgan fingerprint density at radius 2 is 0.914 bits per heavy atom. The predicted molar refractivity (Wildman–Crippen MR) is 334 cm³/mol. The van der Waals surface area contributed by atoms with Gasteiger partial charge < -0.3 is 119 Å². The summed E-state index contributed by atoms with van der Waals surface area (Å²) < 4.78 is 0. The first-order valence-corrected chi connectivity index (χ1v) is 30.0. The monoisotopic (exact) mass is 1320 g/mol. The number of phenolic OH excluding ortho intramolecular Hbond substituents is 1. The standard InChI is InChI=1S/C56H95N19O18/c1-6-28(4)43(75-50(88)37(24-42(80)81)71-46(84)34(13-10-20-65-56(62)63)67-51(89)39(25-76)73-44(82)29(5)66-45(83)32(58)11-9-19-64-55(60)61)53(91)68-33(12-7-8-18-57)47(85)74-40(26-77)52(90)70-36(22-30-14-16-31(78)17-15-30)49(87)69-35(21-27(2)3)48(86)72-38(54(92)93)23-41(59)79/h14-17,27-29,32-40,43,76-78H,6-13,18-26,57-58H2,1-5H3,(H2,59,79)(H,66,83)(H,67,89)(H,68,91)(H,69,87)(H,70,90)(H,71,84)(H,72,86)(H,73,82)(H,74,85)(H,75,88)(H,80,81)(H,92,93)(H4,60,61,64)(H4,62,63,65)/t28-,29-,32-,33-,34-,35-,36-,37-,38-,39-,40-,43-/m0/s1. The topological polar surface area (TPSA) is 650 Å². The van der Waals surface area contributed by atoms with Crippen LogP contribution in [0.25, 0.3) is 0 Å². The molecule has 37 heteroatoms. The molecule has 0 bridgehead atoms. The van der Waals surface area contributed by atoms with Crippen LogP contribution in [0.1, 0.15) is 111 Å². The van der Waals surface area contributed by atoms with Crippen molar-refractivity contribution in [3.63, 3.8) is 0 Å². The summed E-state index contributed by atoms with van der Waals surface area (Å²) >= 11 is 0. The van der Waals surface area contributed by atoms with E-state index in [2.05, 4.69) is 63.2 Å². The van der Waals surface area contributed by atoms with Crippen molar-refractivity contribution in [1.82, 2.24) is 53.2 Å². The van der Waals surface area contributed by atoms with Gasteiger partial charge in [-0.25, -0.2) is 4.79 Å². The number of rotatable bonds is 45. The molecule has 0 aromatic heterocycles. The zero-order valence-electron chi connectivity index (χ0n) is 52.8. The number of aliphatic hydroxyl groups excluding tert-OH is 2. The van der Waals surface area contributed by atoms with Gasteiger partial charge in [0.15, 0.2) is 11.9 Å². The lowest BCUT2D eigenvalue weighted by Crippen LogP contribution is -2.62. The second-order valence-electron chi connectivity index (χ2n) is 22.4. The normalized spacial score (nSPS) is 14.9. The van der Waals surface area contributed by atoms with Crippen LogP contribution in [0, 0.1) is 11.8 Å². The molecule has 1 rings (SSSR count). The van der Waals surface area contributed by atoms with E-state index in [-0.39, 0.29) is 94.6 Å². The van der Waals surface area contributed by atoms with Gasteiger partial charge in [-0.15, -0.1) is 0 Å². The van der Waals surface area contributed by atoms with Crippen molar-refractivity contribution in [2.45, 2.75) is 178 Å². The summed E-state index contributed by atoms with van der Waals surface area (Å²) in [5.41, 5.74) is 38.7. The number of benzene rings is 1. The maximum atomic E-state index is 14.4. The number of hydrogen-bond acceptors (Lipinski definition) is 20. The highest BCUT2D eigenvalue weighted by Gasteiger charge is 2.38. The quantitative estimate of drug-likeness (QED) is 0.0164. The van der Waals surface area contributed by atoms with Crippen LogP contribution in [0.4, 0.5) is 0 Å². The summed E-state index contributed by atoms with van der Waals surface area (Å²) in [6, 6.07) is -12.2. The number of unbranched alkanes of at least 4 members (excludes halogenated alkanes) is 1. The molecule has 11 amide bonds. The van der Waals surface area contributed by atoms with Crippen LogP contribution in [0.3, 0.4) is 0 Å². The summed E-state index contributed by atoms with van der Waals surface area (Å²) in [6.45, 7) is 5.84. The SMILES string of the molecule is CC[C@H](C)[C@H](NC(=O)[C@H](CC(=O)O)NC(=O)[C@H](CCCN=C(N)N)NC(=O)[C@H](CO)NC(=O)[C@H](C)NC(=O)[C@@H](N)CCCN=C(N)N)C(=O)N[C@@H](CCCCN)C(=O)N[C@@H](CO)C(=O)N[C@@H](Cc1ccc(O)cc1)C(=O)N[C@@H](CC(C)C)C(=O)N[C@@H](CC(N)=O)C(=O)O. The van der Waals surface area contributed by atoms with E-state index in [4.69, 9.17) is 40.1 Å². The molecule has 0 unspecified atom stereocenters. The van der Waals surface area contributed by atoms with Gasteiger partial charge in [-0.2, -0.15) is 0 Å². The molecule has 0 saturated heterocycles. The van der Waals surface area contributed by atoms with E-state index in [9.17, 15) is 87.9 Å². The molecular weight excluding hydrogens is 1230 g/mol. The Morgan fingerprint density at radius 1 is 0.484 bits per heavy atom. The molecule has 0 spiro atoms. The minimum atomic E-state index is -1.98. The zero-order chi connectivity index (χ0) is 70.7. The Balaban J connectivity index is 3.56. The highest BCUT2D eigenvalue weighted by molar-refractivity contribution is 6.00.